The van der Waals surface area contributed by atoms with Gasteiger partial charge in [0.25, 0.3) is 23.5 Å². The molecule has 2 aliphatic rings. The average molecular weight is 820 g/mol. The van der Waals surface area contributed by atoms with Crippen LogP contribution in [0.25, 0.3) is 5.78 Å². The second-order valence-corrected chi connectivity index (χ2v) is 15.1. The Bertz CT molecular complexity index is 2280. The van der Waals surface area contributed by atoms with Gasteiger partial charge in [-0.25, -0.2) is 15.4 Å². The number of aliphatic carboxylic acids is 1. The van der Waals surface area contributed by atoms with Gasteiger partial charge < -0.3 is 41.1 Å². The minimum absolute atomic E-state index is 0. The maximum absolute atomic E-state index is 13.6. The minimum Gasteiger partial charge on any atom is -0.543 e. The zero-order valence-electron chi connectivity index (χ0n) is 29.4. The van der Waals surface area contributed by atoms with Crippen molar-refractivity contribution in [3.05, 3.63) is 63.7 Å². The molecule has 2 aliphatic heterocycles. The number of phenols is 2. The Hall–Kier alpha value is -4.78. The molecule has 282 valence electrons. The molecule has 0 aliphatic carbocycles. The average Bonchev–Trinajstić information content (AvgIpc) is 3.76. The van der Waals surface area contributed by atoms with Crippen molar-refractivity contribution in [3.8, 4) is 11.5 Å². The Morgan fingerprint density at radius 1 is 1.20 bits per heavy atom. The van der Waals surface area contributed by atoms with Crippen LogP contribution < -0.4 is 51.1 Å². The molecule has 55 heavy (non-hydrogen) atoms. The van der Waals surface area contributed by atoms with E-state index in [9.17, 15) is 39.6 Å². The summed E-state index contributed by atoms with van der Waals surface area (Å²) < 4.78 is 1.44. The number of nitrogens with one attached hydrogen (secondary N) is 2. The third kappa shape index (κ3) is 8.87. The van der Waals surface area contributed by atoms with Gasteiger partial charge in [-0.1, -0.05) is 5.16 Å². The molecule has 6 rings (SSSR count). The van der Waals surface area contributed by atoms with E-state index < -0.39 is 46.4 Å². The fourth-order valence-corrected chi connectivity index (χ4v) is 8.12. The number of carboxylic acids is 1. The van der Waals surface area contributed by atoms with Crippen molar-refractivity contribution in [2.75, 3.05) is 17.2 Å². The number of thioether (sulfide) groups is 2. The molecule has 0 spiro atoms. The number of amides is 3. The molecule has 3 aromatic heterocycles. The first kappa shape index (κ1) is 41.4. The van der Waals surface area contributed by atoms with E-state index in [4.69, 9.17) is 10.6 Å². The number of nitrogens with zero attached hydrogens (tertiary/aromatic N) is 8. The number of hydrazone groups is 1. The Morgan fingerprint density at radius 3 is 2.64 bits per heavy atom. The number of oxime groups is 1. The number of aliphatic hydroxyl groups is 1. The van der Waals surface area contributed by atoms with Gasteiger partial charge in [0, 0.05) is 22.6 Å². The number of aryl methyl sites for hydroxylation is 1. The second kappa shape index (κ2) is 16.9. The van der Waals surface area contributed by atoms with Crippen molar-refractivity contribution in [2.24, 2.45) is 10.3 Å². The molecule has 5 heterocycles. The van der Waals surface area contributed by atoms with Gasteiger partial charge in [-0.05, 0) is 56.2 Å². The number of aliphatic hydroxyl groups excluding tert-OH is 1. The first-order valence-electron chi connectivity index (χ1n) is 15.7. The largest absolute Gasteiger partial charge is 1.00 e. The van der Waals surface area contributed by atoms with Crippen LogP contribution in [0.1, 0.15) is 36.6 Å². The number of benzene rings is 1. The molecule has 1 saturated heterocycles. The standard InChI is InChI=1S/C31H31N11O9S3.Na/c1-13-6-20(42-30(34-13)36-19(9-43)39-42)52-10-15-11-53-26-22(25(47)41(26)23(15)27(48)49)37-24(46)21(16-12-54-29(32)35-16)40-51-31(2,3)28(50)38-33-8-14-4-5-17(44)18(45)7-14;/h4-8,12,22,26,43-45H,9-11H2,1-3H3,(H2,32,35)(H,37,46)(H,38,50)(H,48,49);/q;+1/p-1/t22?,26-;/m0./s1. The number of aromatic hydroxyl groups is 2. The fraction of sp³-hybridized carbons (Fsp3) is 0.290. The molecule has 1 aromatic carbocycles. The van der Waals surface area contributed by atoms with Crippen LogP contribution in [0.3, 0.4) is 0 Å². The maximum atomic E-state index is 13.6. The Kier molecular flexibility index (Phi) is 12.7. The first-order valence-corrected chi connectivity index (χ1v) is 18.6. The SMILES string of the molecule is Cc1cc(SCC2=C(C(=O)[O-])N3C(=O)C(NC(=O)C(=NOC(C)(C)C(=O)NN=Cc4ccc(O)c(O)c4)c4csc(N)n4)[C@@H]3SC2)n2nc(CO)nc2n1.[Na+]. The van der Waals surface area contributed by atoms with Gasteiger partial charge in [0.15, 0.2) is 28.2 Å². The molecule has 4 aromatic rings. The molecular formula is C31H30N11NaO9S3. The van der Waals surface area contributed by atoms with E-state index in [1.807, 2.05) is 0 Å². The van der Waals surface area contributed by atoms with Crippen molar-refractivity contribution < 1.29 is 74.0 Å². The molecule has 1 unspecified atom stereocenters. The smallest absolute Gasteiger partial charge is 0.543 e. The number of carboxylic acid groups (broad SMARTS) is 1. The topological polar surface area (TPSA) is 295 Å². The Morgan fingerprint density at radius 2 is 1.96 bits per heavy atom. The number of nitrogens with two attached hydrogens (primary N) is 1. The van der Waals surface area contributed by atoms with Crippen molar-refractivity contribution in [1.82, 2.24) is 40.2 Å². The van der Waals surface area contributed by atoms with E-state index in [1.165, 1.54) is 71.7 Å². The van der Waals surface area contributed by atoms with E-state index in [1.54, 1.807) is 13.0 Å². The van der Waals surface area contributed by atoms with Gasteiger partial charge in [0.05, 0.1) is 17.9 Å². The quantitative estimate of drug-likeness (QED) is 0.0144. The van der Waals surface area contributed by atoms with Crippen LogP contribution in [0.5, 0.6) is 11.5 Å². The summed E-state index contributed by atoms with van der Waals surface area (Å²) in [6, 6.07) is 4.49. The van der Waals surface area contributed by atoms with Crippen LogP contribution in [0.2, 0.25) is 0 Å². The van der Waals surface area contributed by atoms with Crippen LogP contribution >= 0.6 is 34.9 Å². The number of phenolic OH excluding ortho intramolecular Hbond substituents is 2. The maximum Gasteiger partial charge on any atom is 1.00 e. The number of anilines is 1. The summed E-state index contributed by atoms with van der Waals surface area (Å²) in [5.41, 5.74) is 7.03. The van der Waals surface area contributed by atoms with Crippen LogP contribution in [0.4, 0.5) is 5.13 Å². The number of nitrogen functional groups attached to an aromatic ring is 1. The third-order valence-corrected chi connectivity index (χ3v) is 10.9. The number of carbonyl (C=O) groups is 4. The molecule has 24 heteroatoms. The van der Waals surface area contributed by atoms with E-state index >= 15 is 0 Å². The normalized spacial score (nSPS) is 17.1. The van der Waals surface area contributed by atoms with Gasteiger partial charge in [-0.15, -0.1) is 40.0 Å². The van der Waals surface area contributed by atoms with Crippen molar-refractivity contribution in [3.63, 3.8) is 0 Å². The molecule has 7 N–H and O–H groups in total. The molecule has 20 nitrogen and oxygen atoms in total. The number of hydrogen-bond acceptors (Lipinski definition) is 19. The first-order chi connectivity index (χ1) is 25.7. The zero-order chi connectivity index (χ0) is 38.9. The molecule has 3 amide bonds. The summed E-state index contributed by atoms with van der Waals surface area (Å²) in [6.07, 6.45) is 1.21. The van der Waals surface area contributed by atoms with E-state index in [0.717, 1.165) is 16.2 Å². The van der Waals surface area contributed by atoms with E-state index in [2.05, 4.69) is 41.1 Å². The number of carbonyl (C=O) groups excluding carboxylic acids is 4. The molecule has 1 fully saturated rings. The van der Waals surface area contributed by atoms with Crippen molar-refractivity contribution >= 4 is 81.4 Å². The summed E-state index contributed by atoms with van der Waals surface area (Å²) in [5, 5.41) is 56.8. The Balaban J connectivity index is 0.00000580. The summed E-state index contributed by atoms with van der Waals surface area (Å²) in [5.74, 6) is -3.88. The van der Waals surface area contributed by atoms with E-state index in [-0.39, 0.29) is 87.3 Å². The molecule has 0 radical (unpaired) electrons. The summed E-state index contributed by atoms with van der Waals surface area (Å²) >= 11 is 3.48. The summed E-state index contributed by atoms with van der Waals surface area (Å²) in [7, 11) is 0. The van der Waals surface area contributed by atoms with Crippen LogP contribution in [0.15, 0.2) is 56.2 Å². The zero-order valence-corrected chi connectivity index (χ0v) is 33.9. The molecule has 2 atom stereocenters. The number of thiazole rings is 1. The minimum atomic E-state index is -1.71. The van der Waals surface area contributed by atoms with Gasteiger partial charge >= 0.3 is 29.6 Å². The molecule has 0 bridgehead atoms. The van der Waals surface area contributed by atoms with E-state index in [0.29, 0.717) is 21.9 Å². The Labute approximate surface area is 345 Å². The predicted molar refractivity (Wildman–Crippen MR) is 193 cm³/mol. The van der Waals surface area contributed by atoms with Crippen molar-refractivity contribution in [2.45, 2.75) is 49.4 Å². The second-order valence-electron chi connectivity index (χ2n) is 12.1. The summed E-state index contributed by atoms with van der Waals surface area (Å²) in [6.45, 7) is 4.07. The fourth-order valence-electron chi connectivity index (χ4n) is 5.04. The van der Waals surface area contributed by atoms with Crippen LogP contribution in [-0.2, 0) is 30.6 Å². The van der Waals surface area contributed by atoms with Gasteiger partial charge in [0.2, 0.25) is 5.60 Å². The monoisotopic (exact) mass is 819 g/mol. The molecular weight excluding hydrogens is 790 g/mol. The van der Waals surface area contributed by atoms with Crippen molar-refractivity contribution in [1.29, 1.82) is 0 Å². The number of rotatable bonds is 13. The van der Waals surface area contributed by atoms with Crippen LogP contribution in [-0.4, -0.2) is 109 Å². The van der Waals surface area contributed by atoms with Gasteiger partial charge in [-0.3, -0.25) is 19.3 Å². The number of fused-ring (bicyclic) bond motifs is 2. The third-order valence-electron chi connectivity index (χ3n) is 7.79. The number of aromatic nitrogens is 5. The molecule has 0 saturated carbocycles. The summed E-state index contributed by atoms with van der Waals surface area (Å²) in [4.78, 5) is 71.4. The van der Waals surface area contributed by atoms with Gasteiger partial charge in [0.1, 0.15) is 28.7 Å². The number of hydrogen-bond donors (Lipinski definition) is 6. The number of β-lactam (4-membered cyclic amide) rings is 1. The van der Waals surface area contributed by atoms with Crippen LogP contribution in [0, 0.1) is 6.92 Å². The van der Waals surface area contributed by atoms with Gasteiger partial charge in [-0.2, -0.15) is 14.6 Å². The predicted octanol–water partition coefficient (Wildman–Crippen LogP) is -3.78.